The highest BCUT2D eigenvalue weighted by atomic mass is 32.2. The molecule has 11 heteroatoms. The Labute approximate surface area is 177 Å². The number of halogens is 2. The Bertz CT molecular complexity index is 1290. The van der Waals surface area contributed by atoms with Crippen LogP contribution in [0.2, 0.25) is 0 Å². The number of carbonyl (C=O) groups is 1. The number of anilines is 1. The summed E-state index contributed by atoms with van der Waals surface area (Å²) in [6, 6.07) is 7.32. The van der Waals surface area contributed by atoms with E-state index in [4.69, 9.17) is 5.73 Å². The molecule has 1 aliphatic heterocycles. The zero-order chi connectivity index (χ0) is 22.5. The number of hydrogen-bond donors (Lipinski definition) is 1. The molecule has 0 spiro atoms. The topological polar surface area (TPSA) is 101 Å². The molecule has 4 rings (SSSR count). The normalized spacial score (nSPS) is 17.1. The molecule has 1 atom stereocenters. The maximum atomic E-state index is 15.7. The van der Waals surface area contributed by atoms with E-state index in [2.05, 4.69) is 5.10 Å². The van der Waals surface area contributed by atoms with Crippen molar-refractivity contribution >= 4 is 27.1 Å². The molecule has 1 amide bonds. The smallest absolute Gasteiger partial charge is 0.262 e. The molecular weight excluding hydrogens is 428 g/mol. The van der Waals surface area contributed by atoms with Crippen LogP contribution in [0.5, 0.6) is 0 Å². The highest BCUT2D eigenvalue weighted by Crippen LogP contribution is 2.39. The van der Waals surface area contributed by atoms with Crippen molar-refractivity contribution in [1.29, 1.82) is 0 Å². The van der Waals surface area contributed by atoms with Crippen LogP contribution in [0.25, 0.3) is 5.52 Å². The van der Waals surface area contributed by atoms with Gasteiger partial charge in [0, 0.05) is 26.8 Å². The van der Waals surface area contributed by atoms with Gasteiger partial charge < -0.3 is 10.6 Å². The summed E-state index contributed by atoms with van der Waals surface area (Å²) in [7, 11) is -1.59. The van der Waals surface area contributed by atoms with E-state index in [1.807, 2.05) is 0 Å². The number of sulfonamides is 1. The Morgan fingerprint density at radius 3 is 2.65 bits per heavy atom. The Hall–Kier alpha value is -3.05. The van der Waals surface area contributed by atoms with Crippen LogP contribution < -0.4 is 10.6 Å². The largest absolute Gasteiger partial charge is 0.365 e. The summed E-state index contributed by atoms with van der Waals surface area (Å²) in [4.78, 5) is 13.9. The molecule has 3 heterocycles. The van der Waals surface area contributed by atoms with Gasteiger partial charge in [-0.3, -0.25) is 4.79 Å². The second-order valence-corrected chi connectivity index (χ2v) is 9.61. The predicted molar refractivity (Wildman–Crippen MR) is 110 cm³/mol. The van der Waals surface area contributed by atoms with Gasteiger partial charge in [-0.1, -0.05) is 12.1 Å². The van der Waals surface area contributed by atoms with E-state index in [1.54, 1.807) is 17.0 Å². The third kappa shape index (κ3) is 3.43. The second-order valence-electron chi connectivity index (χ2n) is 7.55. The van der Waals surface area contributed by atoms with Gasteiger partial charge in [0.1, 0.15) is 16.9 Å². The van der Waals surface area contributed by atoms with Crippen LogP contribution >= 0.6 is 0 Å². The average Bonchev–Trinajstić information content (AvgIpc) is 3.33. The van der Waals surface area contributed by atoms with Crippen molar-refractivity contribution in [3.63, 3.8) is 0 Å². The van der Waals surface area contributed by atoms with Gasteiger partial charge in [-0.2, -0.15) is 5.10 Å². The number of fused-ring (bicyclic) bond motifs is 1. The lowest BCUT2D eigenvalue weighted by Crippen LogP contribution is -2.26. The molecule has 3 aromatic rings. The summed E-state index contributed by atoms with van der Waals surface area (Å²) in [5, 5.41) is 3.32. The molecule has 1 aliphatic rings. The number of carbonyl (C=O) groups excluding carboxylic acids is 1. The lowest BCUT2D eigenvalue weighted by Gasteiger charge is -2.27. The number of amides is 1. The quantitative estimate of drug-likeness (QED) is 0.644. The van der Waals surface area contributed by atoms with E-state index in [-0.39, 0.29) is 23.1 Å². The molecule has 2 aromatic heterocycles. The van der Waals surface area contributed by atoms with E-state index in [9.17, 15) is 17.6 Å². The zero-order valence-electron chi connectivity index (χ0n) is 16.9. The molecule has 8 nitrogen and oxygen atoms in total. The summed E-state index contributed by atoms with van der Waals surface area (Å²) in [5.74, 6) is -2.30. The van der Waals surface area contributed by atoms with E-state index in [0.29, 0.717) is 18.5 Å². The van der Waals surface area contributed by atoms with Crippen LogP contribution in [0.1, 0.15) is 34.8 Å². The molecule has 31 heavy (non-hydrogen) atoms. The lowest BCUT2D eigenvalue weighted by molar-refractivity contribution is 0.0998. The van der Waals surface area contributed by atoms with Crippen molar-refractivity contribution in [2.24, 2.45) is 5.73 Å². The first-order chi connectivity index (χ1) is 14.6. The maximum absolute atomic E-state index is 15.7. The Morgan fingerprint density at radius 1 is 1.26 bits per heavy atom. The molecule has 1 fully saturated rings. The fourth-order valence-corrected chi connectivity index (χ4v) is 4.97. The molecule has 0 radical (unpaired) electrons. The summed E-state index contributed by atoms with van der Waals surface area (Å²) >= 11 is 0. The van der Waals surface area contributed by atoms with Crippen LogP contribution in [0.3, 0.4) is 0 Å². The summed E-state index contributed by atoms with van der Waals surface area (Å²) in [5.41, 5.74) is 5.48. The summed E-state index contributed by atoms with van der Waals surface area (Å²) in [6.45, 7) is 0.511. The van der Waals surface area contributed by atoms with Crippen LogP contribution in [-0.2, 0) is 10.0 Å². The fraction of sp³-hybridized carbons (Fsp3) is 0.300. The third-order valence-electron chi connectivity index (χ3n) is 5.45. The minimum absolute atomic E-state index is 0.162. The first-order valence-corrected chi connectivity index (χ1v) is 11.0. The van der Waals surface area contributed by atoms with E-state index >= 15 is 4.39 Å². The Morgan fingerprint density at radius 2 is 2.00 bits per heavy atom. The molecule has 1 aromatic carbocycles. The Balaban J connectivity index is 1.90. The SMILES string of the molecule is CN(C)S(=O)(=O)c1nn2ccc(N3CCCC3c3cccc(F)c3)c(F)c2c1C(N)=O. The molecular formula is C20H21F2N5O3S. The number of hydrogen-bond acceptors (Lipinski definition) is 5. The number of nitrogens with two attached hydrogens (primary N) is 1. The molecule has 1 unspecified atom stereocenters. The highest BCUT2D eigenvalue weighted by molar-refractivity contribution is 7.89. The predicted octanol–water partition coefficient (Wildman–Crippen LogP) is 2.30. The lowest BCUT2D eigenvalue weighted by atomic mass is 10.0. The van der Waals surface area contributed by atoms with Gasteiger partial charge in [-0.05, 0) is 36.6 Å². The monoisotopic (exact) mass is 449 g/mol. The van der Waals surface area contributed by atoms with Crippen molar-refractivity contribution in [3.8, 4) is 0 Å². The zero-order valence-corrected chi connectivity index (χ0v) is 17.7. The van der Waals surface area contributed by atoms with Gasteiger partial charge in [-0.25, -0.2) is 26.0 Å². The number of aromatic nitrogens is 2. The van der Waals surface area contributed by atoms with Crippen LogP contribution in [0.15, 0.2) is 41.6 Å². The Kier molecular flexibility index (Phi) is 5.18. The van der Waals surface area contributed by atoms with Crippen molar-refractivity contribution in [2.45, 2.75) is 23.9 Å². The second kappa shape index (κ2) is 7.57. The summed E-state index contributed by atoms with van der Waals surface area (Å²) < 4.78 is 56.6. The number of benzene rings is 1. The molecule has 0 saturated carbocycles. The fourth-order valence-electron chi connectivity index (χ4n) is 3.98. The highest BCUT2D eigenvalue weighted by Gasteiger charge is 2.34. The summed E-state index contributed by atoms with van der Waals surface area (Å²) in [6.07, 6.45) is 2.83. The molecule has 0 aliphatic carbocycles. The van der Waals surface area contributed by atoms with Gasteiger partial charge in [-0.15, -0.1) is 0 Å². The minimum atomic E-state index is -4.14. The number of primary amides is 1. The van der Waals surface area contributed by atoms with E-state index in [0.717, 1.165) is 15.2 Å². The van der Waals surface area contributed by atoms with Gasteiger partial charge in [0.25, 0.3) is 15.9 Å². The van der Waals surface area contributed by atoms with Crippen LogP contribution in [-0.4, -0.2) is 48.9 Å². The van der Waals surface area contributed by atoms with Crippen molar-refractivity contribution in [3.05, 3.63) is 59.3 Å². The van der Waals surface area contributed by atoms with Crippen molar-refractivity contribution < 1.29 is 22.0 Å². The van der Waals surface area contributed by atoms with Crippen LogP contribution in [0.4, 0.5) is 14.5 Å². The number of pyridine rings is 1. The third-order valence-corrected chi connectivity index (χ3v) is 7.19. The van der Waals surface area contributed by atoms with Gasteiger partial charge in [0.05, 0.1) is 11.7 Å². The average molecular weight is 449 g/mol. The minimum Gasteiger partial charge on any atom is -0.365 e. The van der Waals surface area contributed by atoms with Gasteiger partial charge >= 0.3 is 0 Å². The number of nitrogens with zero attached hydrogens (tertiary/aromatic N) is 4. The van der Waals surface area contributed by atoms with E-state index in [1.165, 1.54) is 38.5 Å². The molecule has 164 valence electrons. The van der Waals surface area contributed by atoms with Gasteiger partial charge in [0.15, 0.2) is 5.82 Å². The van der Waals surface area contributed by atoms with E-state index < -0.39 is 32.3 Å². The number of rotatable bonds is 5. The standard InChI is InChI=1S/C20H21F2N5O3S/c1-25(2)31(29,30)20-16(19(23)28)18-17(22)15(8-10-27(18)24-20)26-9-4-7-14(26)12-5-3-6-13(21)11-12/h3,5-6,8,10-11,14H,4,7,9H2,1-2H3,(H2,23,28). The van der Waals surface area contributed by atoms with Crippen molar-refractivity contribution in [2.75, 3.05) is 25.5 Å². The van der Waals surface area contributed by atoms with Gasteiger partial charge in [0.2, 0.25) is 5.03 Å². The first-order valence-electron chi connectivity index (χ1n) is 9.58. The molecule has 0 bridgehead atoms. The van der Waals surface area contributed by atoms with Crippen molar-refractivity contribution in [1.82, 2.24) is 13.9 Å². The maximum Gasteiger partial charge on any atom is 0.262 e. The molecule has 1 saturated heterocycles. The molecule has 2 N–H and O–H groups in total. The van der Waals surface area contributed by atoms with Crippen LogP contribution in [0, 0.1) is 11.6 Å². The first kappa shape index (κ1) is 21.2.